The largest absolute Gasteiger partial charge is 0.337 e. The van der Waals surface area contributed by atoms with E-state index in [9.17, 15) is 4.79 Å². The Morgan fingerprint density at radius 3 is 2.54 bits per heavy atom. The quantitative estimate of drug-likeness (QED) is 0.902. The van der Waals surface area contributed by atoms with Gasteiger partial charge in [0, 0.05) is 45.3 Å². The molecule has 136 valence electrons. The van der Waals surface area contributed by atoms with Crippen LogP contribution in [0.5, 0.6) is 0 Å². The summed E-state index contributed by atoms with van der Waals surface area (Å²) < 4.78 is 0. The van der Waals surface area contributed by atoms with Gasteiger partial charge in [-0.15, -0.1) is 0 Å². The molecule has 26 heavy (non-hydrogen) atoms. The van der Waals surface area contributed by atoms with E-state index in [1.165, 1.54) is 0 Å². The van der Waals surface area contributed by atoms with Crippen LogP contribution in [0.15, 0.2) is 48.5 Å². The minimum absolute atomic E-state index is 0.0467. The smallest absolute Gasteiger partial charge is 0.255 e. The molecule has 1 atom stereocenters. The van der Waals surface area contributed by atoms with E-state index in [-0.39, 0.29) is 5.91 Å². The number of likely N-dealkylation sites (tertiary alicyclic amines) is 1. The van der Waals surface area contributed by atoms with Crippen molar-refractivity contribution in [2.45, 2.75) is 12.5 Å². The highest BCUT2D eigenvalue weighted by molar-refractivity contribution is 6.34. The molecule has 1 N–H and O–H groups in total. The Hall–Kier alpha value is -1.88. The molecule has 2 heterocycles. The third kappa shape index (κ3) is 3.63. The number of carbonyl (C=O) groups is 1. The van der Waals surface area contributed by atoms with E-state index in [2.05, 4.69) is 10.2 Å². The van der Waals surface area contributed by atoms with Crippen molar-refractivity contribution in [2.75, 3.05) is 39.3 Å². The van der Waals surface area contributed by atoms with Gasteiger partial charge in [0.05, 0.1) is 10.6 Å². The molecule has 1 unspecified atom stereocenters. The van der Waals surface area contributed by atoms with Crippen molar-refractivity contribution in [3.05, 3.63) is 59.1 Å². The second kappa shape index (κ2) is 7.78. The Morgan fingerprint density at radius 2 is 1.77 bits per heavy atom. The van der Waals surface area contributed by atoms with Crippen LogP contribution in [0, 0.1) is 0 Å². The van der Waals surface area contributed by atoms with Gasteiger partial charge >= 0.3 is 0 Å². The first-order valence-electron chi connectivity index (χ1n) is 9.31. The fraction of sp³-hybridized carbons (Fsp3) is 0.381. The number of amides is 1. The van der Waals surface area contributed by atoms with Crippen LogP contribution in [0.3, 0.4) is 0 Å². The van der Waals surface area contributed by atoms with Crippen molar-refractivity contribution in [3.63, 3.8) is 0 Å². The molecule has 0 aliphatic carbocycles. The molecule has 1 amide bonds. The summed E-state index contributed by atoms with van der Waals surface area (Å²) in [5.74, 6) is 0.0467. The number of hydrogen-bond donors (Lipinski definition) is 1. The lowest BCUT2D eigenvalue weighted by Crippen LogP contribution is -2.49. The average molecular weight is 370 g/mol. The van der Waals surface area contributed by atoms with Gasteiger partial charge in [0.25, 0.3) is 5.91 Å². The van der Waals surface area contributed by atoms with Gasteiger partial charge in [-0.1, -0.05) is 48.0 Å². The lowest BCUT2D eigenvalue weighted by Gasteiger charge is -2.32. The Kier molecular flexibility index (Phi) is 5.25. The van der Waals surface area contributed by atoms with Gasteiger partial charge in [-0.2, -0.15) is 0 Å². The predicted octanol–water partition coefficient (Wildman–Crippen LogP) is 3.13. The molecule has 5 heteroatoms. The van der Waals surface area contributed by atoms with Crippen molar-refractivity contribution in [1.29, 1.82) is 0 Å². The Balaban J connectivity index is 1.51. The fourth-order valence-electron chi connectivity index (χ4n) is 3.94. The van der Waals surface area contributed by atoms with E-state index in [1.807, 2.05) is 53.4 Å². The van der Waals surface area contributed by atoms with Gasteiger partial charge < -0.3 is 10.2 Å². The van der Waals surface area contributed by atoms with Gasteiger partial charge in [0.1, 0.15) is 0 Å². The van der Waals surface area contributed by atoms with E-state index < -0.39 is 0 Å². The summed E-state index contributed by atoms with van der Waals surface area (Å²) in [5.41, 5.74) is 2.73. The van der Waals surface area contributed by atoms with Gasteiger partial charge in [-0.25, -0.2) is 0 Å². The molecule has 2 saturated heterocycles. The van der Waals surface area contributed by atoms with E-state index >= 15 is 0 Å². The number of halogens is 1. The van der Waals surface area contributed by atoms with Crippen molar-refractivity contribution < 1.29 is 4.79 Å². The zero-order valence-electron chi connectivity index (χ0n) is 14.8. The van der Waals surface area contributed by atoms with Crippen LogP contribution in [0.2, 0.25) is 5.02 Å². The molecule has 4 rings (SSSR count). The standard InChI is InChI=1S/C21H24ClN3O/c22-20-7-6-17(16-4-2-1-3-5-16)14-19(20)21(26)25-11-8-18(15-25)24-12-9-23-10-13-24/h1-7,14,18,23H,8-13,15H2. The molecule has 0 saturated carbocycles. The van der Waals surface area contributed by atoms with Crippen LogP contribution < -0.4 is 5.32 Å². The Morgan fingerprint density at radius 1 is 1.00 bits per heavy atom. The number of carbonyl (C=O) groups excluding carboxylic acids is 1. The van der Waals surface area contributed by atoms with Crippen LogP contribution in [-0.4, -0.2) is 61.0 Å². The Labute approximate surface area is 159 Å². The summed E-state index contributed by atoms with van der Waals surface area (Å²) >= 11 is 6.38. The lowest BCUT2D eigenvalue weighted by atomic mass is 10.0. The highest BCUT2D eigenvalue weighted by Crippen LogP contribution is 2.27. The minimum Gasteiger partial charge on any atom is -0.337 e. The summed E-state index contributed by atoms with van der Waals surface area (Å²) in [7, 11) is 0. The maximum Gasteiger partial charge on any atom is 0.255 e. The number of piperazine rings is 1. The predicted molar refractivity (Wildman–Crippen MR) is 106 cm³/mol. The normalized spacial score (nSPS) is 21.1. The summed E-state index contributed by atoms with van der Waals surface area (Å²) in [4.78, 5) is 17.6. The Bertz CT molecular complexity index is 774. The van der Waals surface area contributed by atoms with Crippen LogP contribution in [0.4, 0.5) is 0 Å². The molecule has 2 aromatic carbocycles. The number of rotatable bonds is 3. The van der Waals surface area contributed by atoms with Crippen molar-refractivity contribution in [3.8, 4) is 11.1 Å². The first-order chi connectivity index (χ1) is 12.7. The zero-order valence-corrected chi connectivity index (χ0v) is 15.6. The van der Waals surface area contributed by atoms with Crippen molar-refractivity contribution >= 4 is 17.5 Å². The molecule has 4 nitrogen and oxygen atoms in total. The molecular weight excluding hydrogens is 346 g/mol. The van der Waals surface area contributed by atoms with Crippen molar-refractivity contribution in [1.82, 2.24) is 15.1 Å². The maximum atomic E-state index is 13.1. The maximum absolute atomic E-state index is 13.1. The summed E-state index contributed by atoms with van der Waals surface area (Å²) in [6, 6.07) is 16.3. The lowest BCUT2D eigenvalue weighted by molar-refractivity contribution is 0.0773. The van der Waals surface area contributed by atoms with Gasteiger partial charge in [-0.05, 0) is 29.7 Å². The molecule has 0 bridgehead atoms. The highest BCUT2D eigenvalue weighted by atomic mass is 35.5. The van der Waals surface area contributed by atoms with E-state index in [0.29, 0.717) is 16.6 Å². The second-order valence-corrected chi connectivity index (χ2v) is 7.45. The number of hydrogen-bond acceptors (Lipinski definition) is 3. The zero-order chi connectivity index (χ0) is 17.9. The van der Waals surface area contributed by atoms with Crippen LogP contribution in [0.25, 0.3) is 11.1 Å². The molecule has 2 aromatic rings. The van der Waals surface area contributed by atoms with Gasteiger partial charge in [0.15, 0.2) is 0 Å². The number of benzene rings is 2. The molecule has 0 radical (unpaired) electrons. The minimum atomic E-state index is 0.0467. The van der Waals surface area contributed by atoms with Gasteiger partial charge in [-0.3, -0.25) is 9.69 Å². The number of nitrogens with one attached hydrogen (secondary N) is 1. The van der Waals surface area contributed by atoms with Crippen LogP contribution in [-0.2, 0) is 0 Å². The molecule has 2 aliphatic rings. The molecule has 2 fully saturated rings. The summed E-state index contributed by atoms with van der Waals surface area (Å²) in [6.07, 6.45) is 1.04. The number of nitrogens with zero attached hydrogens (tertiary/aromatic N) is 2. The highest BCUT2D eigenvalue weighted by Gasteiger charge is 2.32. The van der Waals surface area contributed by atoms with Crippen LogP contribution >= 0.6 is 11.6 Å². The molecule has 2 aliphatic heterocycles. The monoisotopic (exact) mass is 369 g/mol. The van der Waals surface area contributed by atoms with E-state index in [4.69, 9.17) is 11.6 Å². The first-order valence-corrected chi connectivity index (χ1v) is 9.69. The first kappa shape index (κ1) is 17.5. The topological polar surface area (TPSA) is 35.6 Å². The second-order valence-electron chi connectivity index (χ2n) is 7.04. The van der Waals surface area contributed by atoms with Gasteiger partial charge in [0.2, 0.25) is 0 Å². The SMILES string of the molecule is O=C(c1cc(-c2ccccc2)ccc1Cl)N1CCC(N2CCNCC2)C1. The van der Waals surface area contributed by atoms with E-state index in [0.717, 1.165) is 56.8 Å². The molecule has 0 aromatic heterocycles. The molecule has 0 spiro atoms. The average Bonchev–Trinajstić information content (AvgIpc) is 3.19. The molecular formula is C21H24ClN3O. The van der Waals surface area contributed by atoms with E-state index in [1.54, 1.807) is 0 Å². The summed E-state index contributed by atoms with van der Waals surface area (Å²) in [6.45, 7) is 5.81. The van der Waals surface area contributed by atoms with Crippen molar-refractivity contribution in [2.24, 2.45) is 0 Å². The van der Waals surface area contributed by atoms with Crippen LogP contribution in [0.1, 0.15) is 16.8 Å². The third-order valence-electron chi connectivity index (χ3n) is 5.42. The third-order valence-corrected chi connectivity index (χ3v) is 5.75. The summed E-state index contributed by atoms with van der Waals surface area (Å²) in [5, 5.41) is 3.92. The fourth-order valence-corrected chi connectivity index (χ4v) is 4.14.